The number of carbonyl (C=O) groups excluding carboxylic acids is 1. The van der Waals surface area contributed by atoms with E-state index in [1.165, 1.54) is 12.1 Å². The fraction of sp³-hybridized carbons (Fsp3) is 0.250. The highest BCUT2D eigenvalue weighted by Gasteiger charge is 2.15. The molecule has 2 N–H and O–H groups in total. The number of hydrogen-bond acceptors (Lipinski definition) is 4. The number of benzene rings is 1. The molecule has 1 heterocycles. The lowest BCUT2D eigenvalue weighted by Gasteiger charge is -2.13. The molecule has 1 unspecified atom stereocenters. The second-order valence-corrected chi connectivity index (χ2v) is 5.98. The van der Waals surface area contributed by atoms with Crippen LogP contribution in [0, 0.1) is 0 Å². The first-order valence-electron chi connectivity index (χ1n) is 6.76. The maximum Gasteiger partial charge on any atom is 0.345 e. The zero-order valence-electron chi connectivity index (χ0n) is 12.3. The van der Waals surface area contributed by atoms with Crippen molar-refractivity contribution >= 4 is 23.2 Å². The Hall–Kier alpha value is -2.34. The van der Waals surface area contributed by atoms with Crippen LogP contribution in [0.5, 0.6) is 5.75 Å². The van der Waals surface area contributed by atoms with Crippen LogP contribution in [0.3, 0.4) is 0 Å². The highest BCUT2D eigenvalue weighted by Crippen LogP contribution is 2.17. The smallest absolute Gasteiger partial charge is 0.345 e. The normalized spacial score (nSPS) is 11.7. The number of carboxylic acid groups (broad SMARTS) is 1. The molecular weight excluding hydrogens is 302 g/mol. The van der Waals surface area contributed by atoms with E-state index in [2.05, 4.69) is 5.32 Å². The Labute approximate surface area is 132 Å². The number of thiophene rings is 1. The quantitative estimate of drug-likeness (QED) is 0.858. The summed E-state index contributed by atoms with van der Waals surface area (Å²) in [7, 11) is 1.61. The number of methoxy groups -OCH3 is 1. The van der Waals surface area contributed by atoms with Crippen LogP contribution in [0.15, 0.2) is 36.4 Å². The van der Waals surface area contributed by atoms with E-state index < -0.39 is 5.97 Å². The molecule has 1 atom stereocenters. The van der Waals surface area contributed by atoms with Crippen LogP contribution in [-0.4, -0.2) is 30.1 Å². The van der Waals surface area contributed by atoms with Crippen molar-refractivity contribution in [3.05, 3.63) is 51.7 Å². The second kappa shape index (κ2) is 7.09. The van der Waals surface area contributed by atoms with Crippen molar-refractivity contribution in [1.29, 1.82) is 0 Å². The second-order valence-electron chi connectivity index (χ2n) is 4.90. The number of nitrogens with one attached hydrogen (secondary N) is 1. The number of amides is 1. The number of ether oxygens (including phenoxy) is 1. The van der Waals surface area contributed by atoms with Gasteiger partial charge in [0.05, 0.1) is 12.0 Å². The average Bonchev–Trinajstić information content (AvgIpc) is 2.97. The highest BCUT2D eigenvalue weighted by molar-refractivity contribution is 7.15. The van der Waals surface area contributed by atoms with Crippen molar-refractivity contribution in [3.63, 3.8) is 0 Å². The van der Waals surface area contributed by atoms with Gasteiger partial charge in [0.2, 0.25) is 0 Å². The van der Waals surface area contributed by atoms with Gasteiger partial charge in [0, 0.05) is 6.04 Å². The van der Waals surface area contributed by atoms with Gasteiger partial charge in [-0.1, -0.05) is 12.1 Å². The van der Waals surface area contributed by atoms with Crippen LogP contribution in [0.4, 0.5) is 0 Å². The number of aromatic carboxylic acids is 1. The zero-order chi connectivity index (χ0) is 16.1. The fourth-order valence-corrected chi connectivity index (χ4v) is 2.82. The topological polar surface area (TPSA) is 75.6 Å². The number of hydrogen-bond donors (Lipinski definition) is 2. The summed E-state index contributed by atoms with van der Waals surface area (Å²) in [5.41, 5.74) is 1.06. The molecule has 0 radical (unpaired) electrons. The summed E-state index contributed by atoms with van der Waals surface area (Å²) in [6.07, 6.45) is 0.667. The van der Waals surface area contributed by atoms with Crippen LogP contribution in [-0.2, 0) is 6.42 Å². The third-order valence-corrected chi connectivity index (χ3v) is 4.17. The monoisotopic (exact) mass is 319 g/mol. The Morgan fingerprint density at radius 1 is 1.27 bits per heavy atom. The maximum atomic E-state index is 12.1. The molecule has 0 saturated carbocycles. The Bertz CT molecular complexity index is 680. The van der Waals surface area contributed by atoms with E-state index in [4.69, 9.17) is 9.84 Å². The van der Waals surface area contributed by atoms with E-state index >= 15 is 0 Å². The first-order chi connectivity index (χ1) is 10.5. The van der Waals surface area contributed by atoms with Crippen molar-refractivity contribution in [2.75, 3.05) is 7.11 Å². The average molecular weight is 319 g/mol. The molecule has 2 rings (SSSR count). The van der Waals surface area contributed by atoms with Gasteiger partial charge in [0.15, 0.2) is 0 Å². The molecule has 0 fully saturated rings. The van der Waals surface area contributed by atoms with E-state index in [1.807, 2.05) is 31.2 Å². The summed E-state index contributed by atoms with van der Waals surface area (Å²) in [5, 5.41) is 11.7. The molecule has 6 heteroatoms. The third-order valence-electron chi connectivity index (χ3n) is 3.09. The van der Waals surface area contributed by atoms with Gasteiger partial charge in [0.1, 0.15) is 10.6 Å². The van der Waals surface area contributed by atoms with Crippen molar-refractivity contribution < 1.29 is 19.4 Å². The van der Waals surface area contributed by atoms with Crippen LogP contribution < -0.4 is 10.1 Å². The molecule has 0 saturated heterocycles. The van der Waals surface area contributed by atoms with E-state index in [0.29, 0.717) is 11.3 Å². The Morgan fingerprint density at radius 3 is 2.64 bits per heavy atom. The minimum atomic E-state index is -1.02. The lowest BCUT2D eigenvalue weighted by Crippen LogP contribution is -2.33. The molecule has 2 aromatic rings. The van der Waals surface area contributed by atoms with Gasteiger partial charge < -0.3 is 15.2 Å². The molecule has 0 bridgehead atoms. The Kier molecular flexibility index (Phi) is 5.16. The van der Waals surface area contributed by atoms with Gasteiger partial charge in [-0.25, -0.2) is 4.79 Å². The van der Waals surface area contributed by atoms with Crippen LogP contribution in [0.1, 0.15) is 31.8 Å². The number of carboxylic acids is 1. The van der Waals surface area contributed by atoms with Gasteiger partial charge in [-0.15, -0.1) is 11.3 Å². The summed E-state index contributed by atoms with van der Waals surface area (Å²) in [5.74, 6) is -0.498. The molecule has 1 aromatic carbocycles. The van der Waals surface area contributed by atoms with E-state index in [9.17, 15) is 9.59 Å². The SMILES string of the molecule is COc1cccc(CC(C)NC(=O)c2ccc(C(=O)O)s2)c1. The van der Waals surface area contributed by atoms with Gasteiger partial charge >= 0.3 is 5.97 Å². The van der Waals surface area contributed by atoms with Gasteiger partial charge in [0.25, 0.3) is 5.91 Å². The predicted molar refractivity (Wildman–Crippen MR) is 84.9 cm³/mol. The van der Waals surface area contributed by atoms with Crippen LogP contribution in [0.25, 0.3) is 0 Å². The van der Waals surface area contributed by atoms with Gasteiger partial charge in [-0.3, -0.25) is 4.79 Å². The molecule has 0 spiro atoms. The van der Waals surface area contributed by atoms with Crippen LogP contribution >= 0.6 is 11.3 Å². The zero-order valence-corrected chi connectivity index (χ0v) is 13.1. The Balaban J connectivity index is 1.96. The molecule has 0 aliphatic carbocycles. The van der Waals surface area contributed by atoms with E-state index in [1.54, 1.807) is 7.11 Å². The summed E-state index contributed by atoms with van der Waals surface area (Å²) in [6, 6.07) is 10.6. The number of carbonyl (C=O) groups is 2. The maximum absolute atomic E-state index is 12.1. The summed E-state index contributed by atoms with van der Waals surface area (Å²) in [4.78, 5) is 23.5. The van der Waals surface area contributed by atoms with E-state index in [0.717, 1.165) is 22.6 Å². The van der Waals surface area contributed by atoms with Crippen molar-refractivity contribution in [2.24, 2.45) is 0 Å². The summed E-state index contributed by atoms with van der Waals surface area (Å²) in [6.45, 7) is 1.91. The molecular formula is C16H17NO4S. The summed E-state index contributed by atoms with van der Waals surface area (Å²) < 4.78 is 5.17. The minimum absolute atomic E-state index is 0.0741. The largest absolute Gasteiger partial charge is 0.497 e. The van der Waals surface area contributed by atoms with Crippen LogP contribution in [0.2, 0.25) is 0 Å². The molecule has 5 nitrogen and oxygen atoms in total. The lowest BCUT2D eigenvalue weighted by molar-refractivity contribution is 0.0702. The van der Waals surface area contributed by atoms with Gasteiger partial charge in [-0.05, 0) is 43.2 Å². The molecule has 0 aliphatic rings. The van der Waals surface area contributed by atoms with Crippen molar-refractivity contribution in [1.82, 2.24) is 5.32 Å². The van der Waals surface area contributed by atoms with Crippen molar-refractivity contribution in [2.45, 2.75) is 19.4 Å². The molecule has 116 valence electrons. The van der Waals surface area contributed by atoms with E-state index in [-0.39, 0.29) is 16.8 Å². The first-order valence-corrected chi connectivity index (χ1v) is 7.58. The summed E-state index contributed by atoms with van der Waals surface area (Å²) >= 11 is 0.972. The third kappa shape index (κ3) is 4.08. The predicted octanol–water partition coefficient (Wildman–Crippen LogP) is 2.82. The Morgan fingerprint density at radius 2 is 2.00 bits per heavy atom. The van der Waals surface area contributed by atoms with Crippen molar-refractivity contribution in [3.8, 4) is 5.75 Å². The molecule has 22 heavy (non-hydrogen) atoms. The first kappa shape index (κ1) is 16.0. The fourth-order valence-electron chi connectivity index (χ4n) is 2.07. The highest BCUT2D eigenvalue weighted by atomic mass is 32.1. The van der Waals surface area contributed by atoms with Gasteiger partial charge in [-0.2, -0.15) is 0 Å². The molecule has 1 amide bonds. The molecule has 0 aliphatic heterocycles. The number of rotatable bonds is 6. The standard InChI is InChI=1S/C16H17NO4S/c1-10(8-11-4-3-5-12(9-11)21-2)17-15(18)13-6-7-14(22-13)16(19)20/h3-7,9-10H,8H2,1-2H3,(H,17,18)(H,19,20). The molecule has 1 aromatic heterocycles. The lowest BCUT2D eigenvalue weighted by atomic mass is 10.1. The minimum Gasteiger partial charge on any atom is -0.497 e.